The van der Waals surface area contributed by atoms with Gasteiger partial charge in [-0.2, -0.15) is 0 Å². The molecule has 3 aliphatic heterocycles. The van der Waals surface area contributed by atoms with E-state index < -0.39 is 95.0 Å². The largest absolute Gasteiger partial charge is 0.756 e. The summed E-state index contributed by atoms with van der Waals surface area (Å²) in [6, 6.07) is 14.3. The van der Waals surface area contributed by atoms with Crippen molar-refractivity contribution in [1.29, 1.82) is 0 Å². The second kappa shape index (κ2) is 22.8. The number of halogens is 2. The summed E-state index contributed by atoms with van der Waals surface area (Å²) in [6.07, 6.45) is -0.862. The van der Waals surface area contributed by atoms with Gasteiger partial charge in [-0.05, 0) is 48.4 Å². The van der Waals surface area contributed by atoms with Gasteiger partial charge in [-0.3, -0.25) is 23.5 Å². The van der Waals surface area contributed by atoms with Crippen LogP contribution in [0.25, 0.3) is 11.2 Å². The van der Waals surface area contributed by atoms with Gasteiger partial charge in [0.05, 0.1) is 31.7 Å². The zero-order valence-electron chi connectivity index (χ0n) is 36.7. The number of nitrogen functional groups attached to an aromatic ring is 1. The topological polar surface area (TPSA) is 256 Å². The van der Waals surface area contributed by atoms with Crippen LogP contribution < -0.4 is 31.3 Å². The SMILES string of the molecule is CCCCCCCCCCOc1ccc(C(=O)Oc2ccc(CSP3OC[C@H]4O[C@@H](n5cnc6c(N)ncnc65)[C@H](F)[C@@H]4OP(=O)([O-])OC[C@H]4O[C@@H](n5ccc(=O)[nH]c5=O)[C@H](F)[C@@H]4O3)cc2)cc1. The predicted octanol–water partition coefficient (Wildman–Crippen LogP) is 6.61. The lowest BCUT2D eigenvalue weighted by atomic mass is 10.1. The number of aromatic amines is 1. The lowest BCUT2D eigenvalue weighted by Crippen LogP contribution is -2.38. The summed E-state index contributed by atoms with van der Waals surface area (Å²) in [4.78, 5) is 64.9. The Hall–Kier alpha value is -4.67. The fourth-order valence-corrected chi connectivity index (χ4v) is 11.7. The number of anilines is 1. The number of esters is 1. The van der Waals surface area contributed by atoms with Gasteiger partial charge in [0.2, 0.25) is 7.58 Å². The van der Waals surface area contributed by atoms with Crippen molar-refractivity contribution in [2.24, 2.45) is 0 Å². The van der Waals surface area contributed by atoms with E-state index in [1.54, 1.807) is 48.5 Å². The molecule has 3 aliphatic rings. The molecule has 0 spiro atoms. The zero-order chi connectivity index (χ0) is 47.8. The summed E-state index contributed by atoms with van der Waals surface area (Å²) in [5.41, 5.74) is 5.48. The van der Waals surface area contributed by atoms with E-state index >= 15 is 8.78 Å². The van der Waals surface area contributed by atoms with E-state index in [1.165, 1.54) is 49.4 Å². The molecule has 10 atom stereocenters. The molecule has 0 amide bonds. The van der Waals surface area contributed by atoms with Crippen LogP contribution in [0, 0.1) is 0 Å². The van der Waals surface area contributed by atoms with Crippen molar-refractivity contribution in [2.45, 2.75) is 113 Å². The molecule has 68 heavy (non-hydrogen) atoms. The van der Waals surface area contributed by atoms with Crippen molar-refractivity contribution in [3.63, 3.8) is 0 Å². The molecule has 0 saturated carbocycles. The first-order chi connectivity index (χ1) is 32.9. The first kappa shape index (κ1) is 49.7. The minimum absolute atomic E-state index is 0.0173. The number of alkyl halides is 2. The van der Waals surface area contributed by atoms with Crippen LogP contribution in [-0.4, -0.2) is 91.6 Å². The third-order valence-electron chi connectivity index (χ3n) is 11.3. The Bertz CT molecular complexity index is 2650. The van der Waals surface area contributed by atoms with Crippen molar-refractivity contribution in [1.82, 2.24) is 29.1 Å². The van der Waals surface area contributed by atoms with Crippen LogP contribution in [0.15, 0.2) is 83.0 Å². The standard InChI is InChI=1S/C43H51F2N7O13P2S/c1-2-3-4-5-6-7-8-9-20-58-28-16-12-27(13-17-28)42(54)61-29-14-10-26(11-15-29)23-68-66-59-21-30-37(34(45)41(62-30)52-25-49-35-38(46)47-24-48-39(35)52)65-67(56,57)60-22-31-36(64-66)33(44)40(63-31)51-19-18-32(53)50-43(51)55/h10-19,24-25,30-31,33-34,36-37,40-41H,2-9,20-23H2,1H3,(H,56,57)(H2,46,47,48)(H,50,53,55)/p-1/t30-,31-,33-,34-,36-,37-,40-,41-,66?/m1/s1. The van der Waals surface area contributed by atoms with Gasteiger partial charge in [-0.25, -0.2) is 33.3 Å². The van der Waals surface area contributed by atoms with Crippen LogP contribution in [0.1, 0.15) is 86.7 Å². The highest BCUT2D eigenvalue weighted by Crippen LogP contribution is 2.58. The second-order valence-electron chi connectivity index (χ2n) is 16.2. The van der Waals surface area contributed by atoms with E-state index in [2.05, 4.69) is 21.9 Å². The third kappa shape index (κ3) is 12.2. The maximum atomic E-state index is 16.5. The van der Waals surface area contributed by atoms with E-state index in [4.69, 9.17) is 42.8 Å². The Morgan fingerprint density at radius 1 is 0.897 bits per heavy atom. The number of aromatic nitrogens is 6. The molecule has 366 valence electrons. The fraction of sp³-hybridized carbons (Fsp3) is 0.488. The third-order valence-corrected chi connectivity index (χ3v) is 15.4. The van der Waals surface area contributed by atoms with Gasteiger partial charge < -0.3 is 47.7 Å². The molecule has 0 aliphatic carbocycles. The lowest BCUT2D eigenvalue weighted by molar-refractivity contribution is -0.235. The molecule has 6 heterocycles. The summed E-state index contributed by atoms with van der Waals surface area (Å²) in [5.74, 6) is 0.571. The molecule has 0 radical (unpaired) electrons. The smallest absolute Gasteiger partial charge is 0.343 e. The maximum absolute atomic E-state index is 16.5. The maximum Gasteiger partial charge on any atom is 0.343 e. The summed E-state index contributed by atoms with van der Waals surface area (Å²) in [7, 11) is -7.63. The Morgan fingerprint density at radius 2 is 1.57 bits per heavy atom. The minimum atomic E-state index is -5.40. The quantitative estimate of drug-likeness (QED) is 0.0430. The first-order valence-electron chi connectivity index (χ1n) is 22.1. The molecular formula is C43H50F2N7O13P2S-. The molecule has 3 aromatic heterocycles. The molecule has 3 N–H and O–H groups in total. The van der Waals surface area contributed by atoms with Gasteiger partial charge in [-0.1, -0.05) is 75.4 Å². The van der Waals surface area contributed by atoms with Crippen LogP contribution in [0.5, 0.6) is 11.5 Å². The van der Waals surface area contributed by atoms with Gasteiger partial charge in [0.1, 0.15) is 47.8 Å². The Balaban J connectivity index is 0.933. The summed E-state index contributed by atoms with van der Waals surface area (Å²) >= 11 is 1.09. The Kier molecular flexibility index (Phi) is 16.7. The highest BCUT2D eigenvalue weighted by atomic mass is 32.7. The molecule has 2 aromatic carbocycles. The number of imidazole rings is 1. The average Bonchev–Trinajstić information content (AvgIpc) is 3.98. The van der Waals surface area contributed by atoms with Crippen LogP contribution in [0.4, 0.5) is 14.6 Å². The summed E-state index contributed by atoms with van der Waals surface area (Å²) in [5, 5.41) is 0. The van der Waals surface area contributed by atoms with Gasteiger partial charge in [0.25, 0.3) is 13.4 Å². The minimum Gasteiger partial charge on any atom is -0.756 e. The molecule has 25 heteroatoms. The molecular weight excluding hydrogens is 955 g/mol. The van der Waals surface area contributed by atoms with Crippen molar-refractivity contribution in [3.05, 3.63) is 105 Å². The number of carbonyl (C=O) groups excluding carboxylic acids is 1. The Labute approximate surface area is 393 Å². The number of unbranched alkanes of at least 4 members (excludes halogenated alkanes) is 7. The van der Waals surface area contributed by atoms with E-state index in [9.17, 15) is 23.8 Å². The van der Waals surface area contributed by atoms with E-state index in [0.717, 1.165) is 47.4 Å². The number of nitrogens with zero attached hydrogens (tertiary/aromatic N) is 5. The molecule has 3 saturated heterocycles. The fourth-order valence-electron chi connectivity index (χ4n) is 7.78. The van der Waals surface area contributed by atoms with Gasteiger partial charge in [0.15, 0.2) is 36.3 Å². The number of phosphoric acid groups is 1. The Morgan fingerprint density at radius 3 is 2.31 bits per heavy atom. The monoisotopic (exact) mass is 1000 g/mol. The molecule has 0 bridgehead atoms. The van der Waals surface area contributed by atoms with Crippen LogP contribution in [-0.2, 0) is 37.9 Å². The van der Waals surface area contributed by atoms with Gasteiger partial charge >= 0.3 is 11.7 Å². The average molecular weight is 1000 g/mol. The number of carbonyl (C=O) groups is 1. The summed E-state index contributed by atoms with van der Waals surface area (Å²) in [6.45, 7) is 1.40. The number of ether oxygens (including phenoxy) is 4. The molecule has 20 nitrogen and oxygen atoms in total. The van der Waals surface area contributed by atoms with Crippen LogP contribution in [0.2, 0.25) is 0 Å². The van der Waals surface area contributed by atoms with E-state index in [0.29, 0.717) is 23.5 Å². The van der Waals surface area contributed by atoms with Crippen molar-refractivity contribution in [3.8, 4) is 11.5 Å². The highest BCUT2D eigenvalue weighted by molar-refractivity contribution is 8.52. The number of hydrogen-bond acceptors (Lipinski definition) is 18. The number of benzene rings is 2. The highest BCUT2D eigenvalue weighted by Gasteiger charge is 2.52. The zero-order valence-corrected chi connectivity index (χ0v) is 39.3. The molecule has 3 fully saturated rings. The van der Waals surface area contributed by atoms with Crippen molar-refractivity contribution >= 4 is 49.7 Å². The predicted molar refractivity (Wildman–Crippen MR) is 242 cm³/mol. The lowest BCUT2D eigenvalue weighted by Gasteiger charge is -2.32. The van der Waals surface area contributed by atoms with Crippen molar-refractivity contribution < 1.29 is 60.1 Å². The number of nitrogens with one attached hydrogen (secondary N) is 1. The van der Waals surface area contributed by atoms with Crippen molar-refractivity contribution in [2.75, 3.05) is 25.6 Å². The number of rotatable bonds is 17. The molecule has 2 unspecified atom stereocenters. The number of hydrogen-bond donors (Lipinski definition) is 2. The van der Waals surface area contributed by atoms with E-state index in [-0.39, 0.29) is 28.5 Å². The van der Waals surface area contributed by atoms with Gasteiger partial charge in [-0.15, -0.1) is 0 Å². The molecule has 8 rings (SSSR count). The van der Waals surface area contributed by atoms with Crippen LogP contribution in [0.3, 0.4) is 0 Å². The second-order valence-corrected chi connectivity index (χ2v) is 20.7. The number of nitrogens with two attached hydrogens (primary N) is 1. The number of phosphoric ester groups is 1. The number of fused-ring (bicyclic) bond motifs is 3. The number of H-pyrrole nitrogens is 1. The first-order valence-corrected chi connectivity index (χ1v) is 26.3. The van der Waals surface area contributed by atoms with Gasteiger partial charge in [0, 0.05) is 18.0 Å². The van der Waals surface area contributed by atoms with Crippen LogP contribution >= 0.6 is 26.8 Å². The van der Waals surface area contributed by atoms with E-state index in [1.807, 2.05) is 4.98 Å². The molecule has 5 aromatic rings. The normalized spacial score (nSPS) is 27.5. The summed E-state index contributed by atoms with van der Waals surface area (Å²) < 4.78 is 94.2.